The van der Waals surface area contributed by atoms with E-state index in [0.717, 1.165) is 28.5 Å². The Hall–Kier alpha value is -3.71. The van der Waals surface area contributed by atoms with Gasteiger partial charge >= 0.3 is 5.97 Å². The van der Waals surface area contributed by atoms with Gasteiger partial charge in [-0.2, -0.15) is 0 Å². The molecule has 0 aliphatic heterocycles. The molecule has 3 aromatic carbocycles. The molecule has 4 rings (SSSR count). The van der Waals surface area contributed by atoms with Crippen LogP contribution >= 0.6 is 0 Å². The molecule has 1 N–H and O–H groups in total. The van der Waals surface area contributed by atoms with Crippen LogP contribution in [0, 0.1) is 0 Å². The lowest BCUT2D eigenvalue weighted by molar-refractivity contribution is 0.0601. The molecule has 170 valence electrons. The molecule has 0 amide bonds. The highest BCUT2D eigenvalue weighted by atomic mass is 16.5. The van der Waals surface area contributed by atoms with Gasteiger partial charge in [0, 0.05) is 12.1 Å². The number of fused-ring (bicyclic) bond motifs is 2. The number of hydrogen-bond acceptors (Lipinski definition) is 6. The summed E-state index contributed by atoms with van der Waals surface area (Å²) in [5, 5.41) is 2.72. The van der Waals surface area contributed by atoms with Crippen molar-refractivity contribution in [1.29, 1.82) is 0 Å². The number of aromatic nitrogens is 2. The second kappa shape index (κ2) is 9.83. The summed E-state index contributed by atoms with van der Waals surface area (Å²) in [6.45, 7) is 3.77. The fourth-order valence-corrected chi connectivity index (χ4v) is 3.92. The van der Waals surface area contributed by atoms with Crippen molar-refractivity contribution < 1.29 is 14.3 Å². The van der Waals surface area contributed by atoms with E-state index < -0.39 is 5.97 Å². The number of esters is 1. The molecule has 0 aliphatic rings. The maximum Gasteiger partial charge on any atom is 0.337 e. The molecular weight excluding hydrogens is 418 g/mol. The monoisotopic (exact) mass is 445 g/mol. The van der Waals surface area contributed by atoms with E-state index in [9.17, 15) is 9.59 Å². The summed E-state index contributed by atoms with van der Waals surface area (Å²) >= 11 is 0. The summed E-state index contributed by atoms with van der Waals surface area (Å²) in [6, 6.07) is 17.1. The van der Waals surface area contributed by atoms with Crippen molar-refractivity contribution in [2.24, 2.45) is 0 Å². The minimum atomic E-state index is -0.465. The smallest absolute Gasteiger partial charge is 0.337 e. The van der Waals surface area contributed by atoms with Gasteiger partial charge in [-0.1, -0.05) is 37.3 Å². The normalized spacial score (nSPS) is 11.3. The van der Waals surface area contributed by atoms with Crippen molar-refractivity contribution >= 4 is 27.6 Å². The summed E-state index contributed by atoms with van der Waals surface area (Å²) in [6.07, 6.45) is 0.928. The van der Waals surface area contributed by atoms with Gasteiger partial charge in [0.2, 0.25) is 0 Å². The molecule has 0 bridgehead atoms. The van der Waals surface area contributed by atoms with E-state index in [4.69, 9.17) is 9.47 Å². The zero-order chi connectivity index (χ0) is 23.4. The molecule has 0 saturated carbocycles. The molecule has 0 spiro atoms. The lowest BCUT2D eigenvalue weighted by Gasteiger charge is -2.20. The fraction of sp³-hybridized carbons (Fsp3) is 0.269. The topological polar surface area (TPSA) is 84.5 Å². The molecule has 0 unspecified atom stereocenters. The standard InChI is InChI=1S/C26H27N3O4/c1-4-13-33-23-12-10-17-7-5-6-8-19(17)21(23)15-29(2)16-24-27-22-14-18(26(31)32-3)9-11-20(22)25(30)28-24/h5-12,14H,4,13,15-16H2,1-3H3,(H,27,28,30). The summed E-state index contributed by atoms with van der Waals surface area (Å²) in [4.78, 5) is 34.0. The van der Waals surface area contributed by atoms with Crippen LogP contribution in [-0.4, -0.2) is 41.6 Å². The van der Waals surface area contributed by atoms with E-state index in [2.05, 4.69) is 40.0 Å². The molecule has 7 heteroatoms. The van der Waals surface area contributed by atoms with Crippen molar-refractivity contribution in [3.63, 3.8) is 0 Å². The van der Waals surface area contributed by atoms with Crippen LogP contribution in [-0.2, 0) is 17.8 Å². The Balaban J connectivity index is 1.63. The van der Waals surface area contributed by atoms with Gasteiger partial charge < -0.3 is 14.5 Å². The second-order valence-electron chi connectivity index (χ2n) is 8.02. The van der Waals surface area contributed by atoms with Gasteiger partial charge in [0.25, 0.3) is 5.56 Å². The molecule has 0 aliphatic carbocycles. The van der Waals surface area contributed by atoms with E-state index in [0.29, 0.717) is 42.0 Å². The fourth-order valence-electron chi connectivity index (χ4n) is 3.92. The first-order valence-electron chi connectivity index (χ1n) is 10.9. The summed E-state index contributed by atoms with van der Waals surface area (Å²) in [5.74, 6) is 0.923. The minimum absolute atomic E-state index is 0.239. The Morgan fingerprint density at radius 2 is 1.88 bits per heavy atom. The van der Waals surface area contributed by atoms with Crippen molar-refractivity contribution in [3.8, 4) is 5.75 Å². The summed E-state index contributed by atoms with van der Waals surface area (Å²) in [7, 11) is 3.30. The molecule has 33 heavy (non-hydrogen) atoms. The Morgan fingerprint density at radius 1 is 1.06 bits per heavy atom. The van der Waals surface area contributed by atoms with E-state index in [-0.39, 0.29) is 5.56 Å². The number of rotatable bonds is 8. The van der Waals surface area contributed by atoms with Gasteiger partial charge in [-0.05, 0) is 48.5 Å². The molecule has 4 aromatic rings. The molecule has 0 radical (unpaired) electrons. The van der Waals surface area contributed by atoms with Gasteiger partial charge in [0.15, 0.2) is 0 Å². The van der Waals surface area contributed by atoms with Crippen LogP contribution < -0.4 is 10.3 Å². The van der Waals surface area contributed by atoms with Gasteiger partial charge in [-0.15, -0.1) is 0 Å². The van der Waals surface area contributed by atoms with Crippen LogP contribution in [0.15, 0.2) is 59.4 Å². The Morgan fingerprint density at radius 3 is 2.67 bits per heavy atom. The van der Waals surface area contributed by atoms with Crippen LogP contribution in [0.4, 0.5) is 0 Å². The van der Waals surface area contributed by atoms with E-state index in [1.165, 1.54) is 7.11 Å². The molecule has 1 aromatic heterocycles. The highest BCUT2D eigenvalue weighted by Gasteiger charge is 2.14. The number of nitrogens with one attached hydrogen (secondary N) is 1. The lowest BCUT2D eigenvalue weighted by atomic mass is 10.0. The summed E-state index contributed by atoms with van der Waals surface area (Å²) in [5.41, 5.74) is 1.68. The minimum Gasteiger partial charge on any atom is -0.493 e. The number of nitrogens with zero attached hydrogens (tertiary/aromatic N) is 2. The SMILES string of the molecule is CCCOc1ccc2ccccc2c1CN(C)Cc1nc2cc(C(=O)OC)ccc2c(=O)[nH]1. The average Bonchev–Trinajstić information content (AvgIpc) is 2.82. The number of aromatic amines is 1. The average molecular weight is 446 g/mol. The Bertz CT molecular complexity index is 1360. The quantitative estimate of drug-likeness (QED) is 0.408. The molecule has 0 fully saturated rings. The lowest BCUT2D eigenvalue weighted by Crippen LogP contribution is -2.22. The third kappa shape index (κ3) is 4.88. The molecule has 0 saturated heterocycles. The van der Waals surface area contributed by atoms with Crippen molar-refractivity contribution in [2.75, 3.05) is 20.8 Å². The number of carbonyl (C=O) groups is 1. The van der Waals surface area contributed by atoms with E-state index in [1.54, 1.807) is 18.2 Å². The zero-order valence-electron chi connectivity index (χ0n) is 19.1. The zero-order valence-corrected chi connectivity index (χ0v) is 19.1. The van der Waals surface area contributed by atoms with Crippen LogP contribution in [0.3, 0.4) is 0 Å². The van der Waals surface area contributed by atoms with E-state index in [1.807, 2.05) is 25.2 Å². The highest BCUT2D eigenvalue weighted by Crippen LogP contribution is 2.29. The molecular formula is C26H27N3O4. The van der Waals surface area contributed by atoms with E-state index >= 15 is 0 Å². The first-order valence-corrected chi connectivity index (χ1v) is 10.9. The second-order valence-corrected chi connectivity index (χ2v) is 8.02. The van der Waals surface area contributed by atoms with Crippen LogP contribution in [0.25, 0.3) is 21.7 Å². The van der Waals surface area contributed by atoms with Crippen molar-refractivity contribution in [2.45, 2.75) is 26.4 Å². The predicted molar refractivity (Wildman–Crippen MR) is 129 cm³/mol. The van der Waals surface area contributed by atoms with Crippen LogP contribution in [0.2, 0.25) is 0 Å². The number of carbonyl (C=O) groups excluding carboxylic acids is 1. The van der Waals surface area contributed by atoms with Crippen molar-refractivity contribution in [3.05, 3.63) is 81.9 Å². The van der Waals surface area contributed by atoms with Gasteiger partial charge in [-0.25, -0.2) is 9.78 Å². The number of methoxy groups -OCH3 is 1. The summed E-state index contributed by atoms with van der Waals surface area (Å²) < 4.78 is 10.8. The van der Waals surface area contributed by atoms with Crippen molar-refractivity contribution in [1.82, 2.24) is 14.9 Å². The Labute approximate surface area is 192 Å². The van der Waals surface area contributed by atoms with Crippen LogP contribution in [0.5, 0.6) is 5.75 Å². The number of benzene rings is 3. The third-order valence-electron chi connectivity index (χ3n) is 5.48. The Kier molecular flexibility index (Phi) is 6.70. The number of H-pyrrole nitrogens is 1. The predicted octanol–water partition coefficient (Wildman–Crippen LogP) is 4.28. The molecule has 0 atom stereocenters. The molecule has 1 heterocycles. The van der Waals surface area contributed by atoms with Crippen LogP contribution in [0.1, 0.15) is 35.1 Å². The molecule has 7 nitrogen and oxygen atoms in total. The highest BCUT2D eigenvalue weighted by molar-refractivity contribution is 5.94. The number of hydrogen-bond donors (Lipinski definition) is 1. The van der Waals surface area contributed by atoms with Gasteiger partial charge in [0.1, 0.15) is 11.6 Å². The first kappa shape index (κ1) is 22.5. The van der Waals surface area contributed by atoms with Gasteiger partial charge in [0.05, 0.1) is 36.7 Å². The first-order chi connectivity index (χ1) is 16.0. The third-order valence-corrected chi connectivity index (χ3v) is 5.48. The van der Waals surface area contributed by atoms with Gasteiger partial charge in [-0.3, -0.25) is 9.69 Å². The largest absolute Gasteiger partial charge is 0.493 e. The maximum atomic E-state index is 12.6. The maximum absolute atomic E-state index is 12.6. The number of ether oxygens (including phenoxy) is 2.